The number of amides is 2. The number of carbonyl (C=O) groups excluding carboxylic acids is 2. The second-order valence-electron chi connectivity index (χ2n) is 6.02. The molecule has 0 radical (unpaired) electrons. The van der Waals surface area contributed by atoms with E-state index in [1.54, 1.807) is 24.3 Å². The number of hydrogen-bond donors (Lipinski definition) is 2. The molecule has 2 N–H and O–H groups in total. The third-order valence-corrected chi connectivity index (χ3v) is 4.41. The number of nitrogens with one attached hydrogen (secondary N) is 2. The van der Waals surface area contributed by atoms with Crippen LogP contribution in [0.5, 0.6) is 0 Å². The first kappa shape index (κ1) is 15.3. The summed E-state index contributed by atoms with van der Waals surface area (Å²) in [6.07, 6.45) is 2.99. The summed E-state index contributed by atoms with van der Waals surface area (Å²) in [5.41, 5.74) is 2.07. The molecule has 0 saturated heterocycles. The summed E-state index contributed by atoms with van der Waals surface area (Å²) in [4.78, 5) is 23.8. The van der Waals surface area contributed by atoms with Crippen molar-refractivity contribution in [3.8, 4) is 0 Å². The molecule has 1 saturated carbocycles. The van der Waals surface area contributed by atoms with Crippen molar-refractivity contribution in [2.75, 3.05) is 5.32 Å². The van der Waals surface area contributed by atoms with Gasteiger partial charge in [0.05, 0.1) is 5.54 Å². The largest absolute Gasteiger partial charge is 0.328 e. The monoisotopic (exact) mass is 308 g/mol. The molecule has 3 rings (SSSR count). The fraction of sp³-hybridized carbons (Fsp3) is 0.263. The van der Waals surface area contributed by atoms with Crippen molar-refractivity contribution in [3.05, 3.63) is 65.7 Å². The Balaban J connectivity index is 1.72. The normalized spacial score (nSPS) is 15.3. The molecule has 1 fully saturated rings. The van der Waals surface area contributed by atoms with Crippen LogP contribution >= 0.6 is 0 Å². The van der Waals surface area contributed by atoms with Crippen LogP contribution in [0, 0.1) is 0 Å². The minimum atomic E-state index is -0.274. The van der Waals surface area contributed by atoms with Gasteiger partial charge in [-0.2, -0.15) is 0 Å². The fourth-order valence-electron chi connectivity index (χ4n) is 2.97. The Kier molecular flexibility index (Phi) is 4.15. The predicted molar refractivity (Wildman–Crippen MR) is 90.6 cm³/mol. The van der Waals surface area contributed by atoms with E-state index in [2.05, 4.69) is 22.8 Å². The van der Waals surface area contributed by atoms with E-state index in [1.165, 1.54) is 6.92 Å². The first-order valence-electron chi connectivity index (χ1n) is 7.85. The smallest absolute Gasteiger partial charge is 0.319 e. The topological polar surface area (TPSA) is 58.2 Å². The standard InChI is InChI=1S/C19H20N2O2/c1-14(22)15-7-5-10-17(13-15)20-18(23)21-19(11-6-12-19)16-8-3-2-4-9-16/h2-5,7-10,13H,6,11-12H2,1H3,(H2,20,21,23). The number of benzene rings is 2. The molecular weight excluding hydrogens is 288 g/mol. The van der Waals surface area contributed by atoms with Crippen LogP contribution in [-0.4, -0.2) is 11.8 Å². The molecular formula is C19H20N2O2. The maximum atomic E-state index is 12.4. The maximum absolute atomic E-state index is 12.4. The summed E-state index contributed by atoms with van der Waals surface area (Å²) in [5.74, 6) is -0.0196. The zero-order valence-electron chi connectivity index (χ0n) is 13.1. The van der Waals surface area contributed by atoms with E-state index in [4.69, 9.17) is 0 Å². The first-order chi connectivity index (χ1) is 11.1. The molecule has 0 heterocycles. The Labute approximate surface area is 135 Å². The second kappa shape index (κ2) is 6.24. The second-order valence-corrected chi connectivity index (χ2v) is 6.02. The van der Waals surface area contributed by atoms with Gasteiger partial charge in [-0.05, 0) is 43.9 Å². The summed E-state index contributed by atoms with van der Waals surface area (Å²) in [6.45, 7) is 1.51. The molecule has 2 aromatic rings. The van der Waals surface area contributed by atoms with Gasteiger partial charge >= 0.3 is 6.03 Å². The van der Waals surface area contributed by atoms with Crippen molar-refractivity contribution in [1.29, 1.82) is 0 Å². The van der Waals surface area contributed by atoms with Gasteiger partial charge in [0, 0.05) is 11.3 Å². The highest BCUT2D eigenvalue weighted by molar-refractivity contribution is 5.96. The SMILES string of the molecule is CC(=O)c1cccc(NC(=O)NC2(c3ccccc3)CCC2)c1. The lowest BCUT2D eigenvalue weighted by atomic mass is 9.72. The minimum Gasteiger partial charge on any atom is -0.328 e. The molecule has 4 heteroatoms. The molecule has 1 aliphatic carbocycles. The van der Waals surface area contributed by atoms with E-state index in [0.717, 1.165) is 24.8 Å². The average Bonchev–Trinajstić information content (AvgIpc) is 2.52. The Morgan fingerprint density at radius 3 is 2.35 bits per heavy atom. The molecule has 0 unspecified atom stereocenters. The quantitative estimate of drug-likeness (QED) is 0.836. The molecule has 0 atom stereocenters. The minimum absolute atomic E-state index is 0.0196. The van der Waals surface area contributed by atoms with Gasteiger partial charge < -0.3 is 10.6 Å². The number of anilines is 1. The molecule has 23 heavy (non-hydrogen) atoms. The third kappa shape index (κ3) is 3.26. The number of hydrogen-bond acceptors (Lipinski definition) is 2. The predicted octanol–water partition coefficient (Wildman–Crippen LogP) is 4.09. The van der Waals surface area contributed by atoms with E-state index in [0.29, 0.717) is 11.3 Å². The van der Waals surface area contributed by atoms with E-state index in [1.807, 2.05) is 18.2 Å². The lowest BCUT2D eigenvalue weighted by Gasteiger charge is -2.43. The van der Waals surface area contributed by atoms with Gasteiger partial charge in [0.25, 0.3) is 0 Å². The molecule has 4 nitrogen and oxygen atoms in total. The van der Waals surface area contributed by atoms with Crippen molar-refractivity contribution in [2.24, 2.45) is 0 Å². The van der Waals surface area contributed by atoms with Gasteiger partial charge in [0.2, 0.25) is 0 Å². The molecule has 2 aromatic carbocycles. The number of urea groups is 1. The summed E-state index contributed by atoms with van der Waals surface area (Å²) in [6, 6.07) is 16.8. The van der Waals surface area contributed by atoms with Crippen LogP contribution in [-0.2, 0) is 5.54 Å². The number of rotatable bonds is 4. The van der Waals surface area contributed by atoms with E-state index in [-0.39, 0.29) is 17.4 Å². The maximum Gasteiger partial charge on any atom is 0.319 e. The highest BCUT2D eigenvalue weighted by Gasteiger charge is 2.39. The molecule has 1 aliphatic rings. The summed E-state index contributed by atoms with van der Waals surface area (Å²) in [5, 5.41) is 5.94. The Hall–Kier alpha value is -2.62. The van der Waals surface area contributed by atoms with Crippen LogP contribution in [0.25, 0.3) is 0 Å². The van der Waals surface area contributed by atoms with Crippen LogP contribution in [0.4, 0.5) is 10.5 Å². The van der Waals surface area contributed by atoms with Crippen molar-refractivity contribution in [3.63, 3.8) is 0 Å². The molecule has 0 aliphatic heterocycles. The lowest BCUT2D eigenvalue weighted by molar-refractivity contribution is 0.101. The van der Waals surface area contributed by atoms with Gasteiger partial charge in [-0.25, -0.2) is 4.79 Å². The Morgan fingerprint density at radius 2 is 1.74 bits per heavy atom. The van der Waals surface area contributed by atoms with Crippen molar-refractivity contribution < 1.29 is 9.59 Å². The van der Waals surface area contributed by atoms with Crippen LogP contribution in [0.3, 0.4) is 0 Å². The van der Waals surface area contributed by atoms with Crippen LogP contribution < -0.4 is 10.6 Å². The fourth-order valence-corrected chi connectivity index (χ4v) is 2.97. The highest BCUT2D eigenvalue weighted by atomic mass is 16.2. The molecule has 118 valence electrons. The summed E-state index contributed by atoms with van der Waals surface area (Å²) < 4.78 is 0. The Bertz CT molecular complexity index is 721. The molecule has 0 spiro atoms. The number of ketones is 1. The highest BCUT2D eigenvalue weighted by Crippen LogP contribution is 2.41. The third-order valence-electron chi connectivity index (χ3n) is 4.41. The van der Waals surface area contributed by atoms with Crippen molar-refractivity contribution >= 4 is 17.5 Å². The van der Waals surface area contributed by atoms with Gasteiger partial charge in [-0.15, -0.1) is 0 Å². The van der Waals surface area contributed by atoms with Crippen LogP contribution in [0.15, 0.2) is 54.6 Å². The first-order valence-corrected chi connectivity index (χ1v) is 7.85. The average molecular weight is 308 g/mol. The van der Waals surface area contributed by atoms with Gasteiger partial charge in [0.1, 0.15) is 0 Å². The van der Waals surface area contributed by atoms with Gasteiger partial charge in [-0.1, -0.05) is 42.5 Å². The van der Waals surface area contributed by atoms with Gasteiger partial charge in [-0.3, -0.25) is 4.79 Å². The molecule has 2 amide bonds. The van der Waals surface area contributed by atoms with Crippen molar-refractivity contribution in [1.82, 2.24) is 5.32 Å². The number of carbonyl (C=O) groups is 2. The van der Waals surface area contributed by atoms with Gasteiger partial charge in [0.15, 0.2) is 5.78 Å². The summed E-state index contributed by atoms with van der Waals surface area (Å²) >= 11 is 0. The number of Topliss-reactive ketones (excluding diaryl/α,β-unsaturated/α-hetero) is 1. The summed E-state index contributed by atoms with van der Waals surface area (Å²) in [7, 11) is 0. The van der Waals surface area contributed by atoms with Crippen LogP contribution in [0.1, 0.15) is 42.1 Å². The zero-order chi connectivity index (χ0) is 16.3. The van der Waals surface area contributed by atoms with Crippen LogP contribution in [0.2, 0.25) is 0 Å². The van der Waals surface area contributed by atoms with E-state index in [9.17, 15) is 9.59 Å². The Morgan fingerprint density at radius 1 is 1.00 bits per heavy atom. The van der Waals surface area contributed by atoms with E-state index < -0.39 is 0 Å². The molecule has 0 aromatic heterocycles. The lowest BCUT2D eigenvalue weighted by Crippen LogP contribution is -2.52. The van der Waals surface area contributed by atoms with E-state index >= 15 is 0 Å². The molecule has 0 bridgehead atoms. The zero-order valence-corrected chi connectivity index (χ0v) is 13.1. The van der Waals surface area contributed by atoms with Crippen molar-refractivity contribution in [2.45, 2.75) is 31.7 Å².